The van der Waals surface area contributed by atoms with Crippen molar-refractivity contribution in [2.45, 2.75) is 0 Å². The molecule has 0 atom stereocenters. The largest absolute Gasteiger partial charge is 0.456 e. The number of para-hydroxylation sites is 2. The molecule has 0 unspecified atom stereocenters. The molecule has 0 aliphatic carbocycles. The van der Waals surface area contributed by atoms with Crippen LogP contribution in [0.2, 0.25) is 0 Å². The molecule has 0 spiro atoms. The quantitative estimate of drug-likeness (QED) is 0.154. The first-order chi connectivity index (χ1) is 34.2. The number of fused-ring (bicyclic) bond motifs is 15. The van der Waals surface area contributed by atoms with Crippen molar-refractivity contribution in [3.8, 4) is 0 Å². The van der Waals surface area contributed by atoms with E-state index in [4.69, 9.17) is 23.2 Å². The Bertz CT molecular complexity index is 4310. The molecule has 69 heavy (non-hydrogen) atoms. The number of rotatable bonds is 6. The van der Waals surface area contributed by atoms with E-state index in [1.54, 1.807) is 0 Å². The molecule has 0 bridgehead atoms. The molecule has 10 aromatic carbocycles. The lowest BCUT2D eigenvalue weighted by atomic mass is 9.99. The normalized spacial score (nSPS) is 12.1. The Hall–Kier alpha value is -9.46. The van der Waals surface area contributed by atoms with Crippen LogP contribution in [0.5, 0.6) is 0 Å². The predicted molar refractivity (Wildman–Crippen MR) is 283 cm³/mol. The molecule has 322 valence electrons. The molecule has 0 saturated carbocycles. The average Bonchev–Trinajstić information content (AvgIpc) is 4.09. The second-order valence-corrected chi connectivity index (χ2v) is 17.7. The SMILES string of the molecule is c1ccc2c(c1)cc(N(c1ccc3c(c1)oc1ccccc13)c1cnc3c(c1)oc1cc(N(c4ccc5c(c4)oc4ccccc45)c4cc5ccccc5c5ccccc45)cnc13)c1ccccc12. The zero-order chi connectivity index (χ0) is 45.2. The van der Waals surface area contributed by atoms with E-state index in [2.05, 4.69) is 192 Å². The number of benzene rings is 10. The summed E-state index contributed by atoms with van der Waals surface area (Å²) < 4.78 is 19.9. The Kier molecular flexibility index (Phi) is 7.94. The van der Waals surface area contributed by atoms with E-state index in [9.17, 15) is 0 Å². The number of anilines is 6. The second-order valence-electron chi connectivity index (χ2n) is 17.7. The highest BCUT2D eigenvalue weighted by Gasteiger charge is 2.24. The zero-order valence-corrected chi connectivity index (χ0v) is 36.8. The summed E-state index contributed by atoms with van der Waals surface area (Å²) in [5.41, 5.74) is 11.5. The van der Waals surface area contributed by atoms with Gasteiger partial charge in [0.25, 0.3) is 0 Å². The van der Waals surface area contributed by atoms with Gasteiger partial charge in [0.15, 0.2) is 11.2 Å². The van der Waals surface area contributed by atoms with E-state index >= 15 is 0 Å². The lowest BCUT2D eigenvalue weighted by Gasteiger charge is -2.27. The van der Waals surface area contributed by atoms with Crippen LogP contribution < -0.4 is 9.80 Å². The highest BCUT2D eigenvalue weighted by atomic mass is 16.3. The predicted octanol–water partition coefficient (Wildman–Crippen LogP) is 17.7. The van der Waals surface area contributed by atoms with Crippen molar-refractivity contribution in [3.05, 3.63) is 219 Å². The minimum absolute atomic E-state index is 0.624. The first kappa shape index (κ1) is 37.7. The number of hydrogen-bond donors (Lipinski definition) is 0. The van der Waals surface area contributed by atoms with Crippen LogP contribution in [0.15, 0.2) is 232 Å². The molecule has 0 aliphatic heterocycles. The topological polar surface area (TPSA) is 71.7 Å². The molecule has 0 amide bonds. The van der Waals surface area contributed by atoms with Crippen LogP contribution in [0.3, 0.4) is 0 Å². The van der Waals surface area contributed by atoms with Gasteiger partial charge in [-0.2, -0.15) is 0 Å². The van der Waals surface area contributed by atoms with Crippen molar-refractivity contribution in [1.29, 1.82) is 0 Å². The number of furan rings is 3. The van der Waals surface area contributed by atoms with E-state index in [-0.39, 0.29) is 0 Å². The van der Waals surface area contributed by atoms with E-state index in [1.807, 2.05) is 36.7 Å². The van der Waals surface area contributed by atoms with Crippen molar-refractivity contribution in [3.63, 3.8) is 0 Å². The first-order valence-corrected chi connectivity index (χ1v) is 23.1. The maximum absolute atomic E-state index is 6.90. The molecule has 0 aliphatic rings. The monoisotopic (exact) mass is 884 g/mol. The minimum Gasteiger partial charge on any atom is -0.456 e. The van der Waals surface area contributed by atoms with E-state index in [1.165, 1.54) is 10.8 Å². The molecular weight excluding hydrogens is 849 g/mol. The number of aromatic nitrogens is 2. The van der Waals surface area contributed by atoms with Crippen LogP contribution in [0.1, 0.15) is 0 Å². The Morgan fingerprint density at radius 2 is 0.609 bits per heavy atom. The third-order valence-electron chi connectivity index (χ3n) is 13.9. The summed E-state index contributed by atoms with van der Waals surface area (Å²) in [6.07, 6.45) is 3.85. The van der Waals surface area contributed by atoms with Gasteiger partial charge in [-0.25, -0.2) is 9.97 Å². The summed E-state index contributed by atoms with van der Waals surface area (Å²) in [4.78, 5) is 14.8. The maximum atomic E-state index is 6.90. The van der Waals surface area contributed by atoms with Gasteiger partial charge in [-0.3, -0.25) is 0 Å². The molecular formula is C62H36N4O3. The fraction of sp³-hybridized carbons (Fsp3) is 0. The van der Waals surface area contributed by atoms with Crippen molar-refractivity contribution in [2.75, 3.05) is 9.80 Å². The van der Waals surface area contributed by atoms with Crippen molar-refractivity contribution in [1.82, 2.24) is 9.97 Å². The van der Waals surface area contributed by atoms with Gasteiger partial charge < -0.3 is 23.1 Å². The van der Waals surface area contributed by atoms with Crippen LogP contribution in [0, 0.1) is 0 Å². The van der Waals surface area contributed by atoms with Crippen molar-refractivity contribution >= 4 is 143 Å². The molecule has 0 saturated heterocycles. The van der Waals surface area contributed by atoms with Crippen LogP contribution in [-0.4, -0.2) is 9.97 Å². The Balaban J connectivity index is 0.933. The summed E-state index contributed by atoms with van der Waals surface area (Å²) in [6, 6.07) is 72.3. The van der Waals surface area contributed by atoms with Crippen molar-refractivity contribution < 1.29 is 13.3 Å². The summed E-state index contributed by atoms with van der Waals surface area (Å²) in [6.45, 7) is 0. The van der Waals surface area contributed by atoms with Gasteiger partial charge in [0.1, 0.15) is 33.4 Å². The molecule has 7 nitrogen and oxygen atoms in total. The standard InChI is InChI=1S/C62H36N4O3/c1-3-15-43-37(13-1)29-53(47-19-7-5-17-45(43)47)65(39-25-27-51-49-21-9-11-23-55(49)67-57(51)31-39)41-33-59-61(63-35-41)62-60(69-59)34-42(36-64-62)66(40-26-28-52-50-22-10-12-24-56(50)68-58(52)32-40)54-30-38-14-2-4-16-44(38)46-18-6-8-20-48(46)54/h1-36H. The first-order valence-electron chi connectivity index (χ1n) is 23.1. The van der Waals surface area contributed by atoms with Gasteiger partial charge >= 0.3 is 0 Å². The van der Waals surface area contributed by atoms with E-state index in [0.717, 1.165) is 110 Å². The van der Waals surface area contributed by atoms with Gasteiger partial charge in [0.05, 0.1) is 35.1 Å². The summed E-state index contributed by atoms with van der Waals surface area (Å²) >= 11 is 0. The lowest BCUT2D eigenvalue weighted by Crippen LogP contribution is -2.11. The van der Waals surface area contributed by atoms with E-state index < -0.39 is 0 Å². The minimum atomic E-state index is 0.624. The smallest absolute Gasteiger partial charge is 0.157 e. The Morgan fingerprint density at radius 1 is 0.261 bits per heavy atom. The highest BCUT2D eigenvalue weighted by molar-refractivity contribution is 6.17. The third kappa shape index (κ3) is 5.74. The molecule has 15 rings (SSSR count). The summed E-state index contributed by atoms with van der Waals surface area (Å²) in [5.74, 6) is 0. The molecule has 15 aromatic rings. The molecule has 7 heteroatoms. The van der Waals surface area contributed by atoms with Crippen LogP contribution in [0.25, 0.3) is 109 Å². The highest BCUT2D eigenvalue weighted by Crippen LogP contribution is 2.47. The van der Waals surface area contributed by atoms with Gasteiger partial charge in [0, 0.05) is 68.0 Å². The third-order valence-corrected chi connectivity index (χ3v) is 13.9. The fourth-order valence-electron chi connectivity index (χ4n) is 10.7. The van der Waals surface area contributed by atoms with Crippen LogP contribution in [0.4, 0.5) is 34.1 Å². The fourth-order valence-corrected chi connectivity index (χ4v) is 10.7. The average molecular weight is 885 g/mol. The van der Waals surface area contributed by atoms with Crippen molar-refractivity contribution in [2.24, 2.45) is 0 Å². The molecule has 0 N–H and O–H groups in total. The second kappa shape index (κ2) is 14.5. The number of hydrogen-bond acceptors (Lipinski definition) is 7. The lowest BCUT2D eigenvalue weighted by molar-refractivity contribution is 0.667. The molecule has 0 radical (unpaired) electrons. The molecule has 5 aromatic heterocycles. The van der Waals surface area contributed by atoms with Gasteiger partial charge in [-0.05, 0) is 80.8 Å². The Morgan fingerprint density at radius 3 is 1.07 bits per heavy atom. The van der Waals surface area contributed by atoms with E-state index in [0.29, 0.717) is 22.2 Å². The Labute approximate surface area is 393 Å². The van der Waals surface area contributed by atoms with Crippen LogP contribution in [-0.2, 0) is 0 Å². The number of nitrogens with zero attached hydrogens (tertiary/aromatic N) is 4. The van der Waals surface area contributed by atoms with Crippen LogP contribution >= 0.6 is 0 Å². The summed E-state index contributed by atoms with van der Waals surface area (Å²) in [7, 11) is 0. The molecule has 5 heterocycles. The number of pyridine rings is 2. The zero-order valence-electron chi connectivity index (χ0n) is 36.8. The maximum Gasteiger partial charge on any atom is 0.157 e. The molecule has 0 fully saturated rings. The van der Waals surface area contributed by atoms with Gasteiger partial charge in [0.2, 0.25) is 0 Å². The summed E-state index contributed by atoms with van der Waals surface area (Å²) in [5, 5.41) is 13.5. The van der Waals surface area contributed by atoms with Gasteiger partial charge in [-0.1, -0.05) is 133 Å². The van der Waals surface area contributed by atoms with Gasteiger partial charge in [-0.15, -0.1) is 0 Å².